The number of hydrogen-bond donors (Lipinski definition) is 2. The Kier molecular flexibility index (Phi) is 6.45. The number of halogens is 2. The van der Waals surface area contributed by atoms with Crippen LogP contribution < -0.4 is 20.6 Å². The molecule has 5 aromatic rings. The molecule has 216 valence electrons. The van der Waals surface area contributed by atoms with Gasteiger partial charge in [0.05, 0.1) is 36.4 Å². The molecule has 2 aliphatic heterocycles. The molecule has 0 spiro atoms. The number of benzene rings is 3. The Balaban J connectivity index is 1.60. The largest absolute Gasteiger partial charge is 0.508 e. The summed E-state index contributed by atoms with van der Waals surface area (Å²) in [6, 6.07) is 13.8. The zero-order valence-electron chi connectivity index (χ0n) is 23.0. The number of aryl methyl sites for hydroxylation is 1. The average Bonchev–Trinajstić information content (AvgIpc) is 2.99. The van der Waals surface area contributed by atoms with Gasteiger partial charge >= 0.3 is 5.69 Å². The number of phenols is 1. The van der Waals surface area contributed by atoms with Gasteiger partial charge in [0.15, 0.2) is 5.82 Å². The molecule has 0 saturated carbocycles. The molecule has 2 aromatic heterocycles. The van der Waals surface area contributed by atoms with Crippen LogP contribution in [0.5, 0.6) is 17.4 Å². The number of nitrogens with zero attached hydrogens (tertiary/aromatic N) is 4. The number of terminal acetylenes is 1. The van der Waals surface area contributed by atoms with Crippen molar-refractivity contribution >= 4 is 27.5 Å². The van der Waals surface area contributed by atoms with E-state index < -0.39 is 17.3 Å². The molecular formula is C32H25F2N5O4. The number of aromatic hydroxyl groups is 1. The third-order valence-corrected chi connectivity index (χ3v) is 7.95. The number of morpholine rings is 1. The zero-order valence-corrected chi connectivity index (χ0v) is 23.0. The lowest BCUT2D eigenvalue weighted by Gasteiger charge is -2.47. The fraction of sp³-hybridized carbons (Fsp3) is 0.219. The highest BCUT2D eigenvalue weighted by atomic mass is 19.1. The van der Waals surface area contributed by atoms with Crippen molar-refractivity contribution in [2.45, 2.75) is 12.1 Å². The lowest BCUT2D eigenvalue weighted by molar-refractivity contribution is 0.0524. The standard InChI is InChI=1S/C32H25F2N5O4/c1-3-22-24(33)10-9-17-11-20(40)12-23(25(17)22)28-27(34)29-26(31(36-28)43-21-7-5-4-6-8-21)30(37-32(41)38(29)2)39-18-13-35-14-19(39)16-42-15-18/h1,4-12,18-19,35,40H,13-16H2,2H3. The molecule has 2 aliphatic rings. The summed E-state index contributed by atoms with van der Waals surface area (Å²) >= 11 is 0. The number of ether oxygens (including phenoxy) is 2. The minimum Gasteiger partial charge on any atom is -0.508 e. The molecule has 0 amide bonds. The highest BCUT2D eigenvalue weighted by Gasteiger charge is 2.38. The molecule has 7 rings (SSSR count). The smallest absolute Gasteiger partial charge is 0.349 e. The maximum atomic E-state index is 17.0. The van der Waals surface area contributed by atoms with Gasteiger partial charge in [0.25, 0.3) is 0 Å². The van der Waals surface area contributed by atoms with Crippen molar-refractivity contribution in [1.82, 2.24) is 19.9 Å². The van der Waals surface area contributed by atoms with Gasteiger partial charge in [-0.2, -0.15) is 4.98 Å². The van der Waals surface area contributed by atoms with E-state index in [-0.39, 0.29) is 62.6 Å². The van der Waals surface area contributed by atoms with Crippen LogP contribution >= 0.6 is 0 Å². The Hall–Kier alpha value is -5.05. The number of anilines is 1. The van der Waals surface area contributed by atoms with Crippen LogP contribution in [0.4, 0.5) is 14.6 Å². The van der Waals surface area contributed by atoms with E-state index >= 15 is 4.39 Å². The maximum absolute atomic E-state index is 17.0. The summed E-state index contributed by atoms with van der Waals surface area (Å²) in [5, 5.41) is 14.7. The topological polar surface area (TPSA) is 102 Å². The predicted octanol–water partition coefficient (Wildman–Crippen LogP) is 4.08. The molecule has 3 aromatic carbocycles. The number of pyridine rings is 1. The molecule has 2 atom stereocenters. The van der Waals surface area contributed by atoms with Gasteiger partial charge in [0.1, 0.15) is 34.2 Å². The van der Waals surface area contributed by atoms with Gasteiger partial charge in [-0.1, -0.05) is 30.2 Å². The Morgan fingerprint density at radius 3 is 2.53 bits per heavy atom. The third-order valence-electron chi connectivity index (χ3n) is 7.95. The van der Waals surface area contributed by atoms with Crippen LogP contribution in [0, 0.1) is 24.0 Å². The molecule has 4 heterocycles. The van der Waals surface area contributed by atoms with Gasteiger partial charge in [-0.15, -0.1) is 6.42 Å². The first-order valence-corrected chi connectivity index (χ1v) is 13.7. The number of nitrogens with one attached hydrogen (secondary N) is 1. The normalized spacial score (nSPS) is 18.1. The van der Waals surface area contributed by atoms with E-state index in [0.717, 1.165) is 4.57 Å². The van der Waals surface area contributed by atoms with Gasteiger partial charge in [-0.3, -0.25) is 4.57 Å². The van der Waals surface area contributed by atoms with E-state index in [1.165, 1.54) is 31.3 Å². The van der Waals surface area contributed by atoms with Gasteiger partial charge in [-0.25, -0.2) is 18.6 Å². The summed E-state index contributed by atoms with van der Waals surface area (Å²) in [5.74, 6) is 1.19. The molecular weight excluding hydrogens is 556 g/mol. The van der Waals surface area contributed by atoms with Crippen molar-refractivity contribution in [2.24, 2.45) is 7.05 Å². The second kappa shape index (κ2) is 10.3. The van der Waals surface area contributed by atoms with Gasteiger partial charge in [0.2, 0.25) is 5.88 Å². The van der Waals surface area contributed by atoms with Crippen LogP contribution in [0.2, 0.25) is 0 Å². The van der Waals surface area contributed by atoms with E-state index in [0.29, 0.717) is 37.4 Å². The molecule has 0 radical (unpaired) electrons. The summed E-state index contributed by atoms with van der Waals surface area (Å²) in [7, 11) is 1.41. The minimum atomic E-state index is -0.880. The fourth-order valence-corrected chi connectivity index (χ4v) is 6.03. The summed E-state index contributed by atoms with van der Waals surface area (Å²) in [5.41, 5.74) is -1.15. The lowest BCUT2D eigenvalue weighted by atomic mass is 9.95. The highest BCUT2D eigenvalue weighted by Crippen LogP contribution is 2.43. The number of rotatable bonds is 4. The summed E-state index contributed by atoms with van der Waals surface area (Å²) in [6.45, 7) is 1.93. The zero-order chi connectivity index (χ0) is 29.8. The molecule has 2 bridgehead atoms. The van der Waals surface area contributed by atoms with Crippen molar-refractivity contribution in [1.29, 1.82) is 0 Å². The Bertz CT molecular complexity index is 2000. The second-order valence-corrected chi connectivity index (χ2v) is 10.6. The summed E-state index contributed by atoms with van der Waals surface area (Å²) in [6.07, 6.45) is 5.69. The minimum absolute atomic E-state index is 0.0246. The summed E-state index contributed by atoms with van der Waals surface area (Å²) < 4.78 is 45.0. The van der Waals surface area contributed by atoms with E-state index in [9.17, 15) is 14.3 Å². The molecule has 2 saturated heterocycles. The monoisotopic (exact) mass is 581 g/mol. The number of fused-ring (bicyclic) bond motifs is 4. The second-order valence-electron chi connectivity index (χ2n) is 10.6. The molecule has 0 aliphatic carbocycles. The molecule has 11 heteroatoms. The van der Waals surface area contributed by atoms with Crippen LogP contribution in [-0.4, -0.2) is 58.0 Å². The van der Waals surface area contributed by atoms with Crippen molar-refractivity contribution in [3.8, 4) is 41.0 Å². The molecule has 43 heavy (non-hydrogen) atoms. The molecule has 2 fully saturated rings. The quantitative estimate of drug-likeness (QED) is 0.306. The number of aromatic nitrogens is 3. The van der Waals surface area contributed by atoms with E-state index in [4.69, 9.17) is 15.9 Å². The van der Waals surface area contributed by atoms with E-state index in [1.807, 2.05) is 11.0 Å². The molecule has 9 nitrogen and oxygen atoms in total. The first-order valence-electron chi connectivity index (χ1n) is 13.7. The van der Waals surface area contributed by atoms with Gasteiger partial charge < -0.3 is 24.8 Å². The highest BCUT2D eigenvalue weighted by molar-refractivity contribution is 6.04. The molecule has 2 unspecified atom stereocenters. The summed E-state index contributed by atoms with van der Waals surface area (Å²) in [4.78, 5) is 24.4. The SMILES string of the molecule is C#Cc1c(F)ccc2cc(O)cc(-c3nc(Oc4ccccc4)c4c(N5C6CNCC5COC6)nc(=O)n(C)c4c3F)c12. The Morgan fingerprint density at radius 2 is 1.81 bits per heavy atom. The fourth-order valence-electron chi connectivity index (χ4n) is 6.03. The first kappa shape index (κ1) is 26.8. The Morgan fingerprint density at radius 1 is 1.07 bits per heavy atom. The van der Waals surface area contributed by atoms with Crippen LogP contribution in [0.3, 0.4) is 0 Å². The third kappa shape index (κ3) is 4.34. The Labute approximate surface area is 244 Å². The van der Waals surface area contributed by atoms with E-state index in [1.54, 1.807) is 24.3 Å². The predicted molar refractivity (Wildman–Crippen MR) is 157 cm³/mol. The van der Waals surface area contributed by atoms with Crippen molar-refractivity contribution in [3.63, 3.8) is 0 Å². The van der Waals surface area contributed by atoms with Crippen molar-refractivity contribution < 1.29 is 23.4 Å². The van der Waals surface area contributed by atoms with Gasteiger partial charge in [0, 0.05) is 31.1 Å². The lowest BCUT2D eigenvalue weighted by Crippen LogP contribution is -2.64. The number of piperazine rings is 1. The van der Waals surface area contributed by atoms with Crippen LogP contribution in [0.25, 0.3) is 32.9 Å². The van der Waals surface area contributed by atoms with Gasteiger partial charge in [-0.05, 0) is 35.7 Å². The van der Waals surface area contributed by atoms with Crippen LogP contribution in [0.1, 0.15) is 5.56 Å². The van der Waals surface area contributed by atoms with Crippen molar-refractivity contribution in [2.75, 3.05) is 31.2 Å². The number of hydrogen-bond acceptors (Lipinski definition) is 8. The van der Waals surface area contributed by atoms with Crippen molar-refractivity contribution in [3.05, 3.63) is 82.3 Å². The van der Waals surface area contributed by atoms with E-state index in [2.05, 4.69) is 21.2 Å². The van der Waals surface area contributed by atoms with Crippen LogP contribution in [-0.2, 0) is 11.8 Å². The van der Waals surface area contributed by atoms with Crippen LogP contribution in [0.15, 0.2) is 59.4 Å². The first-order chi connectivity index (χ1) is 20.9. The number of para-hydroxylation sites is 1. The molecule has 2 N–H and O–H groups in total. The maximum Gasteiger partial charge on any atom is 0.349 e. The average molecular weight is 582 g/mol. The number of phenolic OH excluding ortho intramolecular Hbond substituents is 1.